The summed E-state index contributed by atoms with van der Waals surface area (Å²) in [6.07, 6.45) is 6.52. The van der Waals surface area contributed by atoms with Crippen molar-refractivity contribution in [1.29, 1.82) is 0 Å². The van der Waals surface area contributed by atoms with Gasteiger partial charge >= 0.3 is 0 Å². The van der Waals surface area contributed by atoms with Crippen molar-refractivity contribution in [3.05, 3.63) is 20.8 Å². The van der Waals surface area contributed by atoms with E-state index >= 15 is 0 Å². The zero-order chi connectivity index (χ0) is 11.6. The molecule has 1 aromatic rings. The number of nitrogens with two attached hydrogens (primary N) is 1. The highest BCUT2D eigenvalue weighted by atomic mass is 79.9. The first-order valence-corrected chi connectivity index (χ1v) is 7.74. The van der Waals surface area contributed by atoms with Crippen LogP contribution in [0.4, 0.5) is 0 Å². The molecule has 0 spiro atoms. The van der Waals surface area contributed by atoms with E-state index in [4.69, 9.17) is 5.73 Å². The van der Waals surface area contributed by atoms with Crippen molar-refractivity contribution in [3.8, 4) is 0 Å². The number of hydrogen-bond donors (Lipinski definition) is 1. The van der Waals surface area contributed by atoms with E-state index in [1.165, 1.54) is 41.5 Å². The standard InChI is InChI=1S/C13H20BrNS/c1-10-3-2-4-13(6-10,9-15)7-12-5-11(14)8-16-12/h5,8,10H,2-4,6-7,9,15H2,1H3. The fraction of sp³-hybridized carbons (Fsp3) is 0.692. The summed E-state index contributed by atoms with van der Waals surface area (Å²) in [5, 5.41) is 2.17. The van der Waals surface area contributed by atoms with Gasteiger partial charge < -0.3 is 5.73 Å². The highest BCUT2D eigenvalue weighted by Crippen LogP contribution is 2.42. The molecule has 3 heteroatoms. The number of halogens is 1. The lowest BCUT2D eigenvalue weighted by atomic mass is 9.68. The summed E-state index contributed by atoms with van der Waals surface area (Å²) >= 11 is 5.38. The molecule has 2 N–H and O–H groups in total. The molecule has 90 valence electrons. The molecule has 0 radical (unpaired) electrons. The molecule has 0 saturated heterocycles. The molecule has 16 heavy (non-hydrogen) atoms. The maximum atomic E-state index is 6.05. The molecule has 1 aliphatic rings. The van der Waals surface area contributed by atoms with Crippen molar-refractivity contribution >= 4 is 27.3 Å². The predicted molar refractivity (Wildman–Crippen MR) is 74.8 cm³/mol. The highest BCUT2D eigenvalue weighted by Gasteiger charge is 2.34. The fourth-order valence-electron chi connectivity index (χ4n) is 3.00. The third-order valence-electron chi connectivity index (χ3n) is 3.79. The van der Waals surface area contributed by atoms with E-state index in [1.54, 1.807) is 0 Å². The molecule has 1 heterocycles. The van der Waals surface area contributed by atoms with Gasteiger partial charge in [0.15, 0.2) is 0 Å². The average molecular weight is 302 g/mol. The lowest BCUT2D eigenvalue weighted by Gasteiger charge is -2.39. The number of thiophene rings is 1. The van der Waals surface area contributed by atoms with Crippen LogP contribution in [0.25, 0.3) is 0 Å². The minimum absolute atomic E-state index is 0.377. The van der Waals surface area contributed by atoms with Gasteiger partial charge in [-0.2, -0.15) is 0 Å². The van der Waals surface area contributed by atoms with Crippen LogP contribution in [0.3, 0.4) is 0 Å². The minimum Gasteiger partial charge on any atom is -0.330 e. The van der Waals surface area contributed by atoms with Crippen LogP contribution in [0.15, 0.2) is 15.9 Å². The summed E-state index contributed by atoms with van der Waals surface area (Å²) in [5.74, 6) is 0.848. The van der Waals surface area contributed by atoms with Crippen molar-refractivity contribution < 1.29 is 0 Å². The largest absolute Gasteiger partial charge is 0.330 e. The van der Waals surface area contributed by atoms with Gasteiger partial charge in [-0.05, 0) is 59.1 Å². The molecule has 1 aromatic heterocycles. The Balaban J connectivity index is 2.09. The lowest BCUT2D eigenvalue weighted by molar-refractivity contribution is 0.155. The fourth-order valence-corrected chi connectivity index (χ4v) is 4.63. The second-order valence-corrected chi connectivity index (χ2v) is 7.23. The topological polar surface area (TPSA) is 26.0 Å². The zero-order valence-corrected chi connectivity index (χ0v) is 12.2. The van der Waals surface area contributed by atoms with Crippen LogP contribution in [-0.2, 0) is 6.42 Å². The molecule has 1 fully saturated rings. The monoisotopic (exact) mass is 301 g/mol. The number of hydrogen-bond acceptors (Lipinski definition) is 2. The summed E-state index contributed by atoms with van der Waals surface area (Å²) in [7, 11) is 0. The van der Waals surface area contributed by atoms with E-state index in [9.17, 15) is 0 Å². The maximum absolute atomic E-state index is 6.05. The Morgan fingerprint density at radius 2 is 2.44 bits per heavy atom. The SMILES string of the molecule is CC1CCCC(CN)(Cc2cc(Br)cs2)C1. The van der Waals surface area contributed by atoms with E-state index < -0.39 is 0 Å². The van der Waals surface area contributed by atoms with Crippen LogP contribution in [0.5, 0.6) is 0 Å². The molecule has 0 aliphatic heterocycles. The van der Waals surface area contributed by atoms with Crippen LogP contribution in [-0.4, -0.2) is 6.54 Å². The Bertz CT molecular complexity index is 349. The second-order valence-electron chi connectivity index (χ2n) is 5.31. The summed E-state index contributed by atoms with van der Waals surface area (Å²) < 4.78 is 1.21. The smallest absolute Gasteiger partial charge is 0.0285 e. The van der Waals surface area contributed by atoms with Crippen molar-refractivity contribution in [2.24, 2.45) is 17.1 Å². The molecular weight excluding hydrogens is 282 g/mol. The van der Waals surface area contributed by atoms with Gasteiger partial charge in [-0.25, -0.2) is 0 Å². The Kier molecular flexibility index (Phi) is 4.09. The normalized spacial score (nSPS) is 30.6. The first kappa shape index (κ1) is 12.6. The third kappa shape index (κ3) is 2.88. The molecule has 0 aromatic carbocycles. The predicted octanol–water partition coefficient (Wildman–Crippen LogP) is 4.21. The molecule has 2 unspecified atom stereocenters. The van der Waals surface area contributed by atoms with Gasteiger partial charge in [-0.1, -0.05) is 19.8 Å². The van der Waals surface area contributed by atoms with Crippen LogP contribution in [0, 0.1) is 11.3 Å². The lowest BCUT2D eigenvalue weighted by Crippen LogP contribution is -2.37. The Hall–Kier alpha value is 0.140. The quantitative estimate of drug-likeness (QED) is 0.889. The van der Waals surface area contributed by atoms with Crippen LogP contribution >= 0.6 is 27.3 Å². The maximum Gasteiger partial charge on any atom is 0.0285 e. The van der Waals surface area contributed by atoms with Crippen LogP contribution < -0.4 is 5.73 Å². The summed E-state index contributed by atoms with van der Waals surface area (Å²) in [5.41, 5.74) is 6.42. The van der Waals surface area contributed by atoms with Gasteiger partial charge in [-0.15, -0.1) is 11.3 Å². The Labute approximate surface area is 111 Å². The molecule has 0 amide bonds. The molecule has 1 aliphatic carbocycles. The molecular formula is C13H20BrNS. The van der Waals surface area contributed by atoms with E-state index in [0.717, 1.165) is 12.5 Å². The van der Waals surface area contributed by atoms with Crippen LogP contribution in [0.1, 0.15) is 37.5 Å². The molecule has 2 rings (SSSR count). The zero-order valence-electron chi connectivity index (χ0n) is 9.84. The van der Waals surface area contributed by atoms with Gasteiger partial charge in [0.05, 0.1) is 0 Å². The molecule has 2 atom stereocenters. The van der Waals surface area contributed by atoms with E-state index in [-0.39, 0.29) is 0 Å². The molecule has 0 bridgehead atoms. The Morgan fingerprint density at radius 1 is 1.62 bits per heavy atom. The van der Waals surface area contributed by atoms with Gasteiger partial charge in [0, 0.05) is 14.7 Å². The minimum atomic E-state index is 0.377. The Morgan fingerprint density at radius 3 is 3.00 bits per heavy atom. The van der Waals surface area contributed by atoms with Gasteiger partial charge in [-0.3, -0.25) is 0 Å². The summed E-state index contributed by atoms with van der Waals surface area (Å²) in [6, 6.07) is 2.25. The second kappa shape index (κ2) is 5.19. The average Bonchev–Trinajstić information content (AvgIpc) is 2.64. The van der Waals surface area contributed by atoms with Crippen LogP contribution in [0.2, 0.25) is 0 Å². The van der Waals surface area contributed by atoms with Crippen molar-refractivity contribution in [3.63, 3.8) is 0 Å². The number of rotatable bonds is 3. The summed E-state index contributed by atoms with van der Waals surface area (Å²) in [4.78, 5) is 1.48. The van der Waals surface area contributed by atoms with Crippen molar-refractivity contribution in [1.82, 2.24) is 0 Å². The van der Waals surface area contributed by atoms with E-state index in [1.807, 2.05) is 11.3 Å². The van der Waals surface area contributed by atoms with E-state index in [0.29, 0.717) is 5.41 Å². The van der Waals surface area contributed by atoms with Gasteiger partial charge in [0.2, 0.25) is 0 Å². The highest BCUT2D eigenvalue weighted by molar-refractivity contribution is 9.10. The molecule has 1 nitrogen and oxygen atoms in total. The van der Waals surface area contributed by atoms with Crippen molar-refractivity contribution in [2.75, 3.05) is 6.54 Å². The van der Waals surface area contributed by atoms with Crippen molar-refractivity contribution in [2.45, 2.75) is 39.0 Å². The van der Waals surface area contributed by atoms with Gasteiger partial charge in [0.1, 0.15) is 0 Å². The first-order valence-electron chi connectivity index (χ1n) is 6.06. The van der Waals surface area contributed by atoms with Gasteiger partial charge in [0.25, 0.3) is 0 Å². The van der Waals surface area contributed by atoms with E-state index in [2.05, 4.69) is 34.3 Å². The summed E-state index contributed by atoms with van der Waals surface area (Å²) in [6.45, 7) is 3.21. The first-order chi connectivity index (χ1) is 7.63. The molecule has 1 saturated carbocycles. The third-order valence-corrected chi connectivity index (χ3v) is 5.49.